The van der Waals surface area contributed by atoms with Gasteiger partial charge in [-0.05, 0) is 37.5 Å². The first-order valence-electron chi connectivity index (χ1n) is 6.50. The van der Waals surface area contributed by atoms with Crippen LogP contribution in [0.5, 0.6) is 0 Å². The molecule has 1 saturated carbocycles. The van der Waals surface area contributed by atoms with E-state index in [1.807, 2.05) is 13.0 Å². The second kappa shape index (κ2) is 7.51. The van der Waals surface area contributed by atoms with E-state index >= 15 is 0 Å². The zero-order valence-corrected chi connectivity index (χ0v) is 13.6. The van der Waals surface area contributed by atoms with E-state index in [1.54, 1.807) is 12.1 Å². The molecular weight excluding hydrogens is 319 g/mol. The quantitative estimate of drug-likeness (QED) is 0.883. The Balaban J connectivity index is 0.00000200. The smallest absolute Gasteiger partial charge is 0.225 e. The van der Waals surface area contributed by atoms with Crippen LogP contribution in [0.3, 0.4) is 0 Å². The first-order valence-corrected chi connectivity index (χ1v) is 7.25. The van der Waals surface area contributed by atoms with Crippen LogP contribution in [0.1, 0.15) is 37.8 Å². The summed E-state index contributed by atoms with van der Waals surface area (Å²) in [5.41, 5.74) is 6.81. The van der Waals surface area contributed by atoms with E-state index in [2.05, 4.69) is 5.32 Å². The lowest BCUT2D eigenvalue weighted by Crippen LogP contribution is -2.39. The lowest BCUT2D eigenvalue weighted by atomic mass is 10.0. The summed E-state index contributed by atoms with van der Waals surface area (Å²) in [6.07, 6.45) is 2.82. The number of amides is 1. The molecule has 0 aliphatic heterocycles. The van der Waals surface area contributed by atoms with Gasteiger partial charge in [0.05, 0.1) is 12.0 Å². The number of hydrogen-bond acceptors (Lipinski definition) is 2. The molecule has 0 radical (unpaired) electrons. The Morgan fingerprint density at radius 2 is 2.10 bits per heavy atom. The standard InChI is InChI=1S/C14H18Cl2N2O.ClH/c1-8(10-6-5-9(15)7-12(10)16)18-14(19)11-3-2-4-13(11)17;/h5-8,11,13H,2-4,17H2,1H3,(H,18,19);1H. The number of rotatable bonds is 3. The first-order chi connectivity index (χ1) is 8.99. The Morgan fingerprint density at radius 3 is 2.65 bits per heavy atom. The topological polar surface area (TPSA) is 55.1 Å². The zero-order valence-electron chi connectivity index (χ0n) is 11.2. The van der Waals surface area contributed by atoms with Gasteiger partial charge in [-0.25, -0.2) is 0 Å². The normalized spacial score (nSPS) is 23.0. The molecule has 1 aliphatic rings. The third-order valence-corrected chi connectivity index (χ3v) is 4.26. The van der Waals surface area contributed by atoms with Crippen LogP contribution in [-0.2, 0) is 4.79 Å². The molecule has 1 aromatic rings. The largest absolute Gasteiger partial charge is 0.349 e. The van der Waals surface area contributed by atoms with E-state index in [0.717, 1.165) is 24.8 Å². The molecule has 112 valence electrons. The van der Waals surface area contributed by atoms with Crippen LogP contribution in [0.15, 0.2) is 18.2 Å². The van der Waals surface area contributed by atoms with Crippen molar-refractivity contribution in [2.24, 2.45) is 11.7 Å². The molecule has 3 nitrogen and oxygen atoms in total. The Morgan fingerprint density at radius 1 is 1.40 bits per heavy atom. The molecule has 20 heavy (non-hydrogen) atoms. The van der Waals surface area contributed by atoms with Gasteiger partial charge in [0.1, 0.15) is 0 Å². The SMILES string of the molecule is CC(NC(=O)C1CCCC1N)c1ccc(Cl)cc1Cl.Cl. The van der Waals surface area contributed by atoms with Crippen molar-refractivity contribution in [2.45, 2.75) is 38.3 Å². The van der Waals surface area contributed by atoms with Crippen LogP contribution < -0.4 is 11.1 Å². The molecular formula is C14H19Cl3N2O. The van der Waals surface area contributed by atoms with E-state index in [4.69, 9.17) is 28.9 Å². The molecule has 0 aromatic heterocycles. The van der Waals surface area contributed by atoms with Gasteiger partial charge in [-0.3, -0.25) is 4.79 Å². The maximum absolute atomic E-state index is 12.2. The van der Waals surface area contributed by atoms with Crippen LogP contribution in [0.25, 0.3) is 0 Å². The fraction of sp³-hybridized carbons (Fsp3) is 0.500. The maximum atomic E-state index is 12.2. The van der Waals surface area contributed by atoms with Crippen molar-refractivity contribution < 1.29 is 4.79 Å². The summed E-state index contributed by atoms with van der Waals surface area (Å²) in [7, 11) is 0. The highest BCUT2D eigenvalue weighted by molar-refractivity contribution is 6.35. The van der Waals surface area contributed by atoms with Crippen LogP contribution in [-0.4, -0.2) is 11.9 Å². The van der Waals surface area contributed by atoms with Crippen molar-refractivity contribution in [3.8, 4) is 0 Å². The van der Waals surface area contributed by atoms with E-state index in [-0.39, 0.29) is 36.3 Å². The van der Waals surface area contributed by atoms with Crippen molar-refractivity contribution in [2.75, 3.05) is 0 Å². The average molecular weight is 338 g/mol. The number of halogens is 3. The minimum absolute atomic E-state index is 0. The molecule has 3 atom stereocenters. The molecule has 1 aromatic carbocycles. The van der Waals surface area contributed by atoms with Gasteiger partial charge in [0.2, 0.25) is 5.91 Å². The second-order valence-corrected chi connectivity index (χ2v) is 5.94. The summed E-state index contributed by atoms with van der Waals surface area (Å²) >= 11 is 12.0. The summed E-state index contributed by atoms with van der Waals surface area (Å²) in [5, 5.41) is 4.14. The van der Waals surface area contributed by atoms with Crippen LogP contribution in [0.2, 0.25) is 10.0 Å². The highest BCUT2D eigenvalue weighted by atomic mass is 35.5. The molecule has 6 heteroatoms. The fourth-order valence-electron chi connectivity index (χ4n) is 2.57. The third-order valence-electron chi connectivity index (χ3n) is 3.69. The average Bonchev–Trinajstić information content (AvgIpc) is 2.75. The summed E-state index contributed by atoms with van der Waals surface area (Å²) < 4.78 is 0. The molecule has 0 bridgehead atoms. The molecule has 3 N–H and O–H groups in total. The monoisotopic (exact) mass is 336 g/mol. The predicted molar refractivity (Wildman–Crippen MR) is 85.6 cm³/mol. The molecule has 0 saturated heterocycles. The van der Waals surface area contributed by atoms with Crippen LogP contribution >= 0.6 is 35.6 Å². The first kappa shape index (κ1) is 17.6. The Hall–Kier alpha value is -0.480. The minimum Gasteiger partial charge on any atom is -0.349 e. The van der Waals surface area contributed by atoms with E-state index in [0.29, 0.717) is 10.0 Å². The van der Waals surface area contributed by atoms with E-state index in [9.17, 15) is 4.79 Å². The Kier molecular flexibility index (Phi) is 6.59. The summed E-state index contributed by atoms with van der Waals surface area (Å²) in [5.74, 6) is -0.0583. The van der Waals surface area contributed by atoms with Gasteiger partial charge in [-0.2, -0.15) is 0 Å². The minimum atomic E-state index is -0.148. The highest BCUT2D eigenvalue weighted by Gasteiger charge is 2.31. The number of benzene rings is 1. The van der Waals surface area contributed by atoms with Crippen molar-refractivity contribution >= 4 is 41.5 Å². The maximum Gasteiger partial charge on any atom is 0.225 e. The van der Waals surface area contributed by atoms with Gasteiger partial charge < -0.3 is 11.1 Å². The number of hydrogen-bond donors (Lipinski definition) is 2. The van der Waals surface area contributed by atoms with Crippen molar-refractivity contribution in [1.29, 1.82) is 0 Å². The number of carbonyl (C=O) groups excluding carboxylic acids is 1. The van der Waals surface area contributed by atoms with E-state index < -0.39 is 0 Å². The van der Waals surface area contributed by atoms with Crippen molar-refractivity contribution in [1.82, 2.24) is 5.32 Å². The van der Waals surface area contributed by atoms with E-state index in [1.165, 1.54) is 0 Å². The molecule has 1 aliphatic carbocycles. The number of carbonyl (C=O) groups is 1. The van der Waals surface area contributed by atoms with Gasteiger partial charge in [0.25, 0.3) is 0 Å². The summed E-state index contributed by atoms with van der Waals surface area (Å²) in [4.78, 5) is 12.2. The fourth-order valence-corrected chi connectivity index (χ4v) is 3.14. The van der Waals surface area contributed by atoms with Crippen LogP contribution in [0.4, 0.5) is 0 Å². The third kappa shape index (κ3) is 4.01. The van der Waals surface area contributed by atoms with Gasteiger partial charge >= 0.3 is 0 Å². The molecule has 1 amide bonds. The van der Waals surface area contributed by atoms with Gasteiger partial charge in [-0.15, -0.1) is 12.4 Å². The van der Waals surface area contributed by atoms with Gasteiger partial charge in [-0.1, -0.05) is 35.7 Å². The second-order valence-electron chi connectivity index (χ2n) is 5.10. The number of nitrogens with one attached hydrogen (secondary N) is 1. The van der Waals surface area contributed by atoms with Crippen molar-refractivity contribution in [3.05, 3.63) is 33.8 Å². The molecule has 3 unspecified atom stereocenters. The zero-order chi connectivity index (χ0) is 14.0. The lowest BCUT2D eigenvalue weighted by Gasteiger charge is -2.20. The summed E-state index contributed by atoms with van der Waals surface area (Å²) in [6, 6.07) is 5.12. The Bertz CT molecular complexity index is 481. The molecule has 2 rings (SSSR count). The van der Waals surface area contributed by atoms with Gasteiger partial charge in [0, 0.05) is 16.1 Å². The molecule has 0 spiro atoms. The predicted octanol–water partition coefficient (Wildman–Crippen LogP) is 3.72. The summed E-state index contributed by atoms with van der Waals surface area (Å²) in [6.45, 7) is 1.91. The Labute approximate surface area is 135 Å². The highest BCUT2D eigenvalue weighted by Crippen LogP contribution is 2.28. The molecule has 1 fully saturated rings. The lowest BCUT2D eigenvalue weighted by molar-refractivity contribution is -0.125. The van der Waals surface area contributed by atoms with Gasteiger partial charge in [0.15, 0.2) is 0 Å². The van der Waals surface area contributed by atoms with Crippen molar-refractivity contribution in [3.63, 3.8) is 0 Å². The van der Waals surface area contributed by atoms with Crippen LogP contribution in [0, 0.1) is 5.92 Å². The molecule has 0 heterocycles. The number of nitrogens with two attached hydrogens (primary N) is 1.